The van der Waals surface area contributed by atoms with Gasteiger partial charge < -0.3 is 4.90 Å². The highest BCUT2D eigenvalue weighted by atomic mass is 32.2. The molecule has 0 bridgehead atoms. The van der Waals surface area contributed by atoms with Gasteiger partial charge >= 0.3 is 0 Å². The Kier molecular flexibility index (Phi) is 5.35. The van der Waals surface area contributed by atoms with Gasteiger partial charge in [-0.25, -0.2) is 8.42 Å². The molecule has 6 heteroatoms. The van der Waals surface area contributed by atoms with Crippen LogP contribution in [0.2, 0.25) is 0 Å². The number of rotatable bonds is 4. The number of hydrogen-bond donors (Lipinski definition) is 1. The molecule has 0 fully saturated rings. The van der Waals surface area contributed by atoms with Crippen LogP contribution in [0.3, 0.4) is 0 Å². The summed E-state index contributed by atoms with van der Waals surface area (Å²) in [6, 6.07) is 19.6. The molecular weight excluding hydrogens is 396 g/mol. The molecule has 0 saturated carbocycles. The number of sulfonamides is 1. The SMILES string of the molecule is Cc1ccc(S(=O)(=O)Nc2ccc(C(=O)N3CCCc4ccccc43)cc2)cc1C. The minimum atomic E-state index is -3.69. The fourth-order valence-electron chi connectivity index (χ4n) is 3.68. The highest BCUT2D eigenvalue weighted by Crippen LogP contribution is 2.28. The van der Waals surface area contributed by atoms with Gasteiger partial charge in [0, 0.05) is 23.5 Å². The lowest BCUT2D eigenvalue weighted by Crippen LogP contribution is -2.35. The van der Waals surface area contributed by atoms with E-state index in [0.29, 0.717) is 17.8 Å². The molecule has 0 saturated heterocycles. The molecule has 0 unspecified atom stereocenters. The van der Waals surface area contributed by atoms with E-state index in [-0.39, 0.29) is 10.8 Å². The second kappa shape index (κ2) is 7.95. The molecule has 0 spiro atoms. The van der Waals surface area contributed by atoms with Crippen molar-refractivity contribution in [2.45, 2.75) is 31.6 Å². The van der Waals surface area contributed by atoms with Gasteiger partial charge in [0.05, 0.1) is 4.90 Å². The predicted octanol–water partition coefficient (Wildman–Crippen LogP) is 4.70. The van der Waals surface area contributed by atoms with Crippen molar-refractivity contribution < 1.29 is 13.2 Å². The molecule has 30 heavy (non-hydrogen) atoms. The molecule has 0 aliphatic carbocycles. The zero-order valence-electron chi connectivity index (χ0n) is 17.1. The largest absolute Gasteiger partial charge is 0.308 e. The Bertz CT molecular complexity index is 1200. The first-order valence-electron chi connectivity index (χ1n) is 9.95. The number of carbonyl (C=O) groups is 1. The van der Waals surface area contributed by atoms with E-state index in [4.69, 9.17) is 0 Å². The zero-order chi connectivity index (χ0) is 21.3. The Hall–Kier alpha value is -3.12. The van der Waals surface area contributed by atoms with Gasteiger partial charge in [-0.1, -0.05) is 24.3 Å². The molecule has 4 rings (SSSR count). The molecule has 3 aromatic carbocycles. The van der Waals surface area contributed by atoms with Gasteiger partial charge in [-0.2, -0.15) is 0 Å². The molecule has 3 aromatic rings. The summed E-state index contributed by atoms with van der Waals surface area (Å²) in [5, 5.41) is 0. The van der Waals surface area contributed by atoms with Crippen LogP contribution in [0.4, 0.5) is 11.4 Å². The number of benzene rings is 3. The van der Waals surface area contributed by atoms with Crippen molar-refractivity contribution in [3.8, 4) is 0 Å². The van der Waals surface area contributed by atoms with Gasteiger partial charge in [0.1, 0.15) is 0 Å². The first-order chi connectivity index (χ1) is 14.3. The van der Waals surface area contributed by atoms with Crippen molar-refractivity contribution in [2.24, 2.45) is 0 Å². The number of carbonyl (C=O) groups excluding carboxylic acids is 1. The van der Waals surface area contributed by atoms with Crippen molar-refractivity contribution in [3.63, 3.8) is 0 Å². The number of aryl methyl sites for hydroxylation is 3. The molecule has 0 radical (unpaired) electrons. The van der Waals surface area contributed by atoms with Gasteiger partial charge in [0.25, 0.3) is 15.9 Å². The third-order valence-electron chi connectivity index (χ3n) is 5.53. The number of nitrogens with one attached hydrogen (secondary N) is 1. The Morgan fingerprint density at radius 2 is 1.67 bits per heavy atom. The van der Waals surface area contributed by atoms with Crippen LogP contribution >= 0.6 is 0 Å². The standard InChI is InChI=1S/C24H24N2O3S/c1-17-9-14-22(16-18(17)2)30(28,29)25-21-12-10-20(11-13-21)24(27)26-15-5-7-19-6-3-4-8-23(19)26/h3-4,6,8-14,16,25H,5,7,15H2,1-2H3. The Labute approximate surface area is 177 Å². The average Bonchev–Trinajstić information content (AvgIpc) is 2.75. The molecule has 1 N–H and O–H groups in total. The van der Waals surface area contributed by atoms with Crippen molar-refractivity contribution in [1.29, 1.82) is 0 Å². The van der Waals surface area contributed by atoms with E-state index in [1.54, 1.807) is 47.4 Å². The molecular formula is C24H24N2O3S. The molecule has 5 nitrogen and oxygen atoms in total. The third-order valence-corrected chi connectivity index (χ3v) is 6.91. The summed E-state index contributed by atoms with van der Waals surface area (Å²) in [5.74, 6) is -0.0780. The maximum Gasteiger partial charge on any atom is 0.261 e. The lowest BCUT2D eigenvalue weighted by molar-refractivity contribution is 0.0985. The molecule has 0 atom stereocenters. The number of fused-ring (bicyclic) bond motifs is 1. The monoisotopic (exact) mass is 420 g/mol. The highest BCUT2D eigenvalue weighted by molar-refractivity contribution is 7.92. The Morgan fingerprint density at radius 1 is 0.933 bits per heavy atom. The van der Waals surface area contributed by atoms with E-state index in [0.717, 1.165) is 29.7 Å². The molecule has 1 aliphatic rings. The quantitative estimate of drug-likeness (QED) is 0.665. The number of amides is 1. The number of para-hydroxylation sites is 1. The molecule has 1 aliphatic heterocycles. The van der Waals surface area contributed by atoms with Gasteiger partial charge in [-0.05, 0) is 85.8 Å². The number of hydrogen-bond acceptors (Lipinski definition) is 3. The van der Waals surface area contributed by atoms with Gasteiger partial charge in [-0.3, -0.25) is 9.52 Å². The van der Waals surface area contributed by atoms with Crippen LogP contribution in [0.25, 0.3) is 0 Å². The summed E-state index contributed by atoms with van der Waals surface area (Å²) >= 11 is 0. The minimum Gasteiger partial charge on any atom is -0.308 e. The lowest BCUT2D eigenvalue weighted by Gasteiger charge is -2.29. The van der Waals surface area contributed by atoms with E-state index in [1.807, 2.05) is 32.0 Å². The molecule has 1 heterocycles. The normalized spacial score (nSPS) is 13.6. The second-order valence-corrected chi connectivity index (χ2v) is 9.30. The first-order valence-corrected chi connectivity index (χ1v) is 11.4. The Balaban J connectivity index is 1.53. The van der Waals surface area contributed by atoms with Crippen LogP contribution in [0.5, 0.6) is 0 Å². The maximum atomic E-state index is 13.0. The van der Waals surface area contributed by atoms with Crippen molar-refractivity contribution in [1.82, 2.24) is 0 Å². The van der Waals surface area contributed by atoms with E-state index in [2.05, 4.69) is 10.8 Å². The summed E-state index contributed by atoms with van der Waals surface area (Å²) in [7, 11) is -3.69. The smallest absolute Gasteiger partial charge is 0.261 e. The van der Waals surface area contributed by atoms with E-state index >= 15 is 0 Å². The zero-order valence-corrected chi connectivity index (χ0v) is 17.9. The van der Waals surface area contributed by atoms with E-state index in [9.17, 15) is 13.2 Å². The highest BCUT2D eigenvalue weighted by Gasteiger charge is 2.23. The van der Waals surface area contributed by atoms with Crippen LogP contribution in [0, 0.1) is 13.8 Å². The van der Waals surface area contributed by atoms with E-state index < -0.39 is 10.0 Å². The van der Waals surface area contributed by atoms with Crippen LogP contribution < -0.4 is 9.62 Å². The molecule has 0 aromatic heterocycles. The summed E-state index contributed by atoms with van der Waals surface area (Å²) in [6.45, 7) is 4.50. The molecule has 1 amide bonds. The van der Waals surface area contributed by atoms with E-state index in [1.165, 1.54) is 5.56 Å². The van der Waals surface area contributed by atoms with Crippen LogP contribution in [0.15, 0.2) is 71.6 Å². The van der Waals surface area contributed by atoms with Gasteiger partial charge in [0.2, 0.25) is 0 Å². The fraction of sp³-hybridized carbons (Fsp3) is 0.208. The van der Waals surface area contributed by atoms with Crippen LogP contribution in [-0.2, 0) is 16.4 Å². The van der Waals surface area contributed by atoms with Gasteiger partial charge in [-0.15, -0.1) is 0 Å². The lowest BCUT2D eigenvalue weighted by atomic mass is 10.0. The number of nitrogens with zero attached hydrogens (tertiary/aromatic N) is 1. The van der Waals surface area contributed by atoms with Crippen molar-refractivity contribution in [2.75, 3.05) is 16.2 Å². The summed E-state index contributed by atoms with van der Waals surface area (Å²) in [5.41, 5.74) is 5.03. The van der Waals surface area contributed by atoms with Gasteiger partial charge in [0.15, 0.2) is 0 Å². The second-order valence-electron chi connectivity index (χ2n) is 7.62. The van der Waals surface area contributed by atoms with Crippen LogP contribution in [-0.4, -0.2) is 20.9 Å². The Morgan fingerprint density at radius 3 is 2.40 bits per heavy atom. The maximum absolute atomic E-state index is 13.0. The molecule has 154 valence electrons. The first kappa shape index (κ1) is 20.2. The topological polar surface area (TPSA) is 66.5 Å². The third kappa shape index (κ3) is 3.96. The fourth-order valence-corrected chi connectivity index (χ4v) is 4.82. The summed E-state index contributed by atoms with van der Waals surface area (Å²) < 4.78 is 28.0. The van der Waals surface area contributed by atoms with Crippen molar-refractivity contribution >= 4 is 27.3 Å². The summed E-state index contributed by atoms with van der Waals surface area (Å²) in [4.78, 5) is 15.1. The van der Waals surface area contributed by atoms with Crippen molar-refractivity contribution in [3.05, 3.63) is 89.0 Å². The number of anilines is 2. The predicted molar refractivity (Wildman–Crippen MR) is 120 cm³/mol. The minimum absolute atomic E-state index is 0.0780. The average molecular weight is 421 g/mol. The van der Waals surface area contributed by atoms with Crippen LogP contribution in [0.1, 0.15) is 33.5 Å². The summed E-state index contributed by atoms with van der Waals surface area (Å²) in [6.07, 6.45) is 1.90.